The van der Waals surface area contributed by atoms with Crippen molar-refractivity contribution in [3.63, 3.8) is 0 Å². The molecule has 1 aliphatic heterocycles. The molecule has 1 saturated heterocycles. The lowest BCUT2D eigenvalue weighted by atomic mass is 9.91. The minimum absolute atomic E-state index is 0.0593. The van der Waals surface area contributed by atoms with Crippen molar-refractivity contribution in [3.05, 3.63) is 36.0 Å². The van der Waals surface area contributed by atoms with E-state index in [1.807, 2.05) is 35.0 Å². The van der Waals surface area contributed by atoms with Crippen molar-refractivity contribution in [3.8, 4) is 11.3 Å². The molecule has 0 saturated carbocycles. The molecule has 7 heteroatoms. The summed E-state index contributed by atoms with van der Waals surface area (Å²) in [6, 6.07) is 8.00. The Kier molecular flexibility index (Phi) is 4.74. The van der Waals surface area contributed by atoms with Gasteiger partial charge < -0.3 is 10.6 Å². The number of anilines is 1. The normalized spacial score (nSPS) is 16.7. The van der Waals surface area contributed by atoms with E-state index in [9.17, 15) is 4.79 Å². The lowest BCUT2D eigenvalue weighted by molar-refractivity contribution is 0.101. The Morgan fingerprint density at radius 1 is 1.38 bits per heavy atom. The van der Waals surface area contributed by atoms with Crippen LogP contribution in [0.3, 0.4) is 0 Å². The van der Waals surface area contributed by atoms with Crippen LogP contribution in [0, 0.1) is 5.92 Å². The second-order valence-corrected chi connectivity index (χ2v) is 7.86. The third kappa shape index (κ3) is 3.37. The van der Waals surface area contributed by atoms with Gasteiger partial charge in [0.05, 0.1) is 11.9 Å². The van der Waals surface area contributed by atoms with Crippen LogP contribution in [-0.4, -0.2) is 39.5 Å². The van der Waals surface area contributed by atoms with Crippen LogP contribution in [0.2, 0.25) is 0 Å². The van der Waals surface area contributed by atoms with Gasteiger partial charge in [-0.25, -0.2) is 9.50 Å². The first-order chi connectivity index (χ1) is 12.6. The molecular formula is C19H23N5OS. The van der Waals surface area contributed by atoms with Gasteiger partial charge in [-0.1, -0.05) is 29.5 Å². The SMILES string of the molecule is CC(=O)c1cccc(-c2cnc3sc(NC(C)C4CCNCC4)nn23)c1. The quantitative estimate of drug-likeness (QED) is 0.674. The van der Waals surface area contributed by atoms with Crippen molar-refractivity contribution < 1.29 is 4.79 Å². The minimum Gasteiger partial charge on any atom is -0.357 e. The number of carbonyl (C=O) groups is 1. The van der Waals surface area contributed by atoms with Gasteiger partial charge >= 0.3 is 0 Å². The zero-order valence-electron chi connectivity index (χ0n) is 15.0. The highest BCUT2D eigenvalue weighted by Crippen LogP contribution is 2.28. The van der Waals surface area contributed by atoms with E-state index >= 15 is 0 Å². The summed E-state index contributed by atoms with van der Waals surface area (Å²) in [7, 11) is 0. The summed E-state index contributed by atoms with van der Waals surface area (Å²) in [5.74, 6) is 0.725. The van der Waals surface area contributed by atoms with Crippen LogP contribution < -0.4 is 10.6 Å². The van der Waals surface area contributed by atoms with Crippen molar-refractivity contribution in [2.75, 3.05) is 18.4 Å². The molecule has 0 aliphatic carbocycles. The number of hydrogen-bond acceptors (Lipinski definition) is 6. The van der Waals surface area contributed by atoms with E-state index in [1.54, 1.807) is 18.3 Å². The highest BCUT2D eigenvalue weighted by molar-refractivity contribution is 7.20. The number of nitrogens with zero attached hydrogens (tertiary/aromatic N) is 3. The van der Waals surface area contributed by atoms with E-state index in [4.69, 9.17) is 5.10 Å². The molecule has 0 amide bonds. The molecule has 3 aromatic rings. The molecule has 2 aromatic heterocycles. The number of fused-ring (bicyclic) bond motifs is 1. The molecule has 1 aromatic carbocycles. The number of imidazole rings is 1. The number of rotatable bonds is 5. The number of benzene rings is 1. The van der Waals surface area contributed by atoms with Gasteiger partial charge in [0.1, 0.15) is 0 Å². The Hall–Kier alpha value is -2.25. The van der Waals surface area contributed by atoms with Crippen molar-refractivity contribution in [1.29, 1.82) is 0 Å². The summed E-state index contributed by atoms with van der Waals surface area (Å²) >= 11 is 1.56. The molecule has 2 N–H and O–H groups in total. The Bertz CT molecular complexity index is 925. The molecule has 1 atom stereocenters. The number of nitrogens with one attached hydrogen (secondary N) is 2. The number of ketones is 1. The van der Waals surface area contributed by atoms with Crippen LogP contribution in [0.5, 0.6) is 0 Å². The molecule has 26 heavy (non-hydrogen) atoms. The van der Waals surface area contributed by atoms with Crippen molar-refractivity contribution in [2.24, 2.45) is 5.92 Å². The number of hydrogen-bond donors (Lipinski definition) is 2. The Labute approximate surface area is 156 Å². The third-order valence-electron chi connectivity index (χ3n) is 5.09. The predicted molar refractivity (Wildman–Crippen MR) is 105 cm³/mol. The molecule has 1 fully saturated rings. The van der Waals surface area contributed by atoms with Crippen LogP contribution in [0.25, 0.3) is 16.2 Å². The van der Waals surface area contributed by atoms with Crippen LogP contribution in [-0.2, 0) is 0 Å². The fourth-order valence-corrected chi connectivity index (χ4v) is 4.37. The molecule has 1 aliphatic rings. The lowest BCUT2D eigenvalue weighted by Crippen LogP contribution is -2.36. The lowest BCUT2D eigenvalue weighted by Gasteiger charge is -2.28. The highest BCUT2D eigenvalue weighted by Gasteiger charge is 2.21. The molecule has 6 nitrogen and oxygen atoms in total. The van der Waals surface area contributed by atoms with Gasteiger partial charge in [0.2, 0.25) is 10.1 Å². The van der Waals surface area contributed by atoms with Gasteiger partial charge in [0.25, 0.3) is 0 Å². The Balaban J connectivity index is 1.59. The van der Waals surface area contributed by atoms with Gasteiger partial charge in [0, 0.05) is 17.2 Å². The van der Waals surface area contributed by atoms with Crippen LogP contribution >= 0.6 is 11.3 Å². The maximum Gasteiger partial charge on any atom is 0.214 e. The molecule has 3 heterocycles. The van der Waals surface area contributed by atoms with Crippen LogP contribution in [0.15, 0.2) is 30.5 Å². The van der Waals surface area contributed by atoms with Gasteiger partial charge in [-0.2, -0.15) is 0 Å². The second kappa shape index (κ2) is 7.17. The van der Waals surface area contributed by atoms with E-state index < -0.39 is 0 Å². The molecule has 0 spiro atoms. The number of aromatic nitrogens is 3. The smallest absolute Gasteiger partial charge is 0.214 e. The van der Waals surface area contributed by atoms with Crippen LogP contribution in [0.1, 0.15) is 37.0 Å². The minimum atomic E-state index is 0.0593. The van der Waals surface area contributed by atoms with E-state index in [0.29, 0.717) is 17.5 Å². The first-order valence-corrected chi connectivity index (χ1v) is 9.86. The third-order valence-corrected chi connectivity index (χ3v) is 5.95. The summed E-state index contributed by atoms with van der Waals surface area (Å²) in [4.78, 5) is 17.0. The first-order valence-electron chi connectivity index (χ1n) is 9.05. The summed E-state index contributed by atoms with van der Waals surface area (Å²) in [5.41, 5.74) is 2.56. The maximum absolute atomic E-state index is 11.7. The largest absolute Gasteiger partial charge is 0.357 e. The molecular weight excluding hydrogens is 346 g/mol. The molecule has 136 valence electrons. The van der Waals surface area contributed by atoms with Crippen molar-refractivity contribution in [1.82, 2.24) is 19.9 Å². The monoisotopic (exact) mass is 369 g/mol. The van der Waals surface area contributed by atoms with E-state index in [-0.39, 0.29) is 5.78 Å². The Morgan fingerprint density at radius 3 is 2.96 bits per heavy atom. The zero-order chi connectivity index (χ0) is 18.1. The van der Waals surface area contributed by atoms with E-state index in [1.165, 1.54) is 12.8 Å². The van der Waals surface area contributed by atoms with Gasteiger partial charge in [-0.15, -0.1) is 5.10 Å². The van der Waals surface area contributed by atoms with Crippen molar-refractivity contribution in [2.45, 2.75) is 32.7 Å². The van der Waals surface area contributed by atoms with E-state index in [0.717, 1.165) is 34.4 Å². The topological polar surface area (TPSA) is 71.3 Å². The number of carbonyl (C=O) groups excluding carboxylic acids is 1. The summed E-state index contributed by atoms with van der Waals surface area (Å²) in [6.07, 6.45) is 4.21. The zero-order valence-corrected chi connectivity index (χ0v) is 15.8. The van der Waals surface area contributed by atoms with Gasteiger partial charge in [0.15, 0.2) is 5.78 Å². The highest BCUT2D eigenvalue weighted by atomic mass is 32.1. The Morgan fingerprint density at radius 2 is 2.19 bits per heavy atom. The average molecular weight is 369 g/mol. The standard InChI is InChI=1S/C19H23N5OS/c1-12(14-6-8-20-9-7-14)22-18-23-24-17(11-21-19(24)26-18)16-5-3-4-15(10-16)13(2)25/h3-5,10-12,14,20H,6-9H2,1-2H3,(H,22,23). The molecule has 1 unspecified atom stereocenters. The molecule has 0 bridgehead atoms. The summed E-state index contributed by atoms with van der Waals surface area (Å²) < 4.78 is 1.86. The average Bonchev–Trinajstić information content (AvgIpc) is 3.22. The fourth-order valence-electron chi connectivity index (χ4n) is 3.50. The second-order valence-electron chi connectivity index (χ2n) is 6.90. The molecule has 0 radical (unpaired) electrons. The summed E-state index contributed by atoms with van der Waals surface area (Å²) in [6.45, 7) is 6.00. The first kappa shape index (κ1) is 17.2. The molecule has 4 rings (SSSR count). The predicted octanol–water partition coefficient (Wildman–Crippen LogP) is 3.46. The van der Waals surface area contributed by atoms with Gasteiger partial charge in [-0.05, 0) is 51.8 Å². The summed E-state index contributed by atoms with van der Waals surface area (Å²) in [5, 5.41) is 12.6. The fraction of sp³-hybridized carbons (Fsp3) is 0.421. The number of piperidine rings is 1. The number of Topliss-reactive ketones (excluding diaryl/α,β-unsaturated/α-hetero) is 1. The van der Waals surface area contributed by atoms with Crippen molar-refractivity contribution >= 4 is 27.2 Å². The van der Waals surface area contributed by atoms with E-state index in [2.05, 4.69) is 22.5 Å². The van der Waals surface area contributed by atoms with Gasteiger partial charge in [-0.3, -0.25) is 4.79 Å². The maximum atomic E-state index is 11.7. The van der Waals surface area contributed by atoms with Crippen LogP contribution in [0.4, 0.5) is 5.13 Å².